The van der Waals surface area contributed by atoms with Crippen molar-refractivity contribution in [1.82, 2.24) is 16.0 Å². The summed E-state index contributed by atoms with van der Waals surface area (Å²) in [6.07, 6.45) is 0.485. The van der Waals surface area contributed by atoms with E-state index in [1.165, 1.54) is 0 Å². The summed E-state index contributed by atoms with van der Waals surface area (Å²) in [5.74, 6) is -3.93. The van der Waals surface area contributed by atoms with Crippen molar-refractivity contribution in [1.29, 1.82) is 0 Å². The van der Waals surface area contributed by atoms with E-state index in [9.17, 15) is 29.4 Å². The van der Waals surface area contributed by atoms with Gasteiger partial charge in [-0.25, -0.2) is 4.79 Å². The lowest BCUT2D eigenvalue weighted by Gasteiger charge is -2.24. The van der Waals surface area contributed by atoms with Crippen molar-refractivity contribution in [2.24, 2.45) is 28.1 Å². The van der Waals surface area contributed by atoms with Gasteiger partial charge in [0.25, 0.3) is 0 Å². The van der Waals surface area contributed by atoms with Crippen molar-refractivity contribution in [3.8, 4) is 0 Å². The Labute approximate surface area is 186 Å². The third-order valence-electron chi connectivity index (χ3n) is 4.25. The molecule has 32 heavy (non-hydrogen) atoms. The van der Waals surface area contributed by atoms with Gasteiger partial charge in [-0.05, 0) is 25.2 Å². The van der Waals surface area contributed by atoms with Crippen molar-refractivity contribution in [3.63, 3.8) is 0 Å². The number of aliphatic carboxylic acids is 1. The zero-order chi connectivity index (χ0) is 24.8. The van der Waals surface area contributed by atoms with Gasteiger partial charge in [0.1, 0.15) is 24.2 Å². The monoisotopic (exact) mass is 461 g/mol. The van der Waals surface area contributed by atoms with Gasteiger partial charge in [-0.15, -0.1) is 0 Å². The van der Waals surface area contributed by atoms with Gasteiger partial charge in [0.15, 0.2) is 5.96 Å². The summed E-state index contributed by atoms with van der Waals surface area (Å²) in [5, 5.41) is 34.6. The Hall–Kier alpha value is -2.97. The number of nitrogens with zero attached hydrogens (tertiary/aromatic N) is 1. The number of aliphatic hydroxyl groups excluding tert-OH is 2. The topological polar surface area (TPSA) is 255 Å². The molecule has 0 fully saturated rings. The fourth-order valence-corrected chi connectivity index (χ4v) is 2.57. The van der Waals surface area contributed by atoms with Crippen LogP contribution in [0.4, 0.5) is 0 Å². The summed E-state index contributed by atoms with van der Waals surface area (Å²) < 4.78 is 0. The second kappa shape index (κ2) is 14.9. The van der Waals surface area contributed by atoms with Gasteiger partial charge in [0.05, 0.1) is 13.2 Å². The number of carboxylic acids is 1. The number of hydrogen-bond acceptors (Lipinski definition) is 8. The molecule has 14 nitrogen and oxygen atoms in total. The molecule has 0 saturated heterocycles. The standard InChI is InChI=1S/C18H35N7O7/c1-9(2)6-12(17(31)32)24-15(29)11(4-3-5-22-18(20)21)23-16(30)13(8-27)25-14(28)10(19)7-26/h9-13,26-27H,3-8,19H2,1-2H3,(H,23,30)(H,24,29)(H,25,28)(H,31,32)(H4,20,21,22). The lowest BCUT2D eigenvalue weighted by Crippen LogP contribution is -2.58. The van der Waals surface area contributed by atoms with E-state index in [2.05, 4.69) is 20.9 Å². The van der Waals surface area contributed by atoms with Gasteiger partial charge >= 0.3 is 5.97 Å². The number of guanidine groups is 1. The molecular formula is C18H35N7O7. The Morgan fingerprint density at radius 2 is 1.41 bits per heavy atom. The number of amides is 3. The maximum absolute atomic E-state index is 12.7. The predicted octanol–water partition coefficient (Wildman–Crippen LogP) is -4.06. The van der Waals surface area contributed by atoms with Crippen LogP contribution >= 0.6 is 0 Å². The first-order chi connectivity index (χ1) is 14.9. The number of carbonyl (C=O) groups excluding carboxylic acids is 3. The molecular weight excluding hydrogens is 426 g/mol. The van der Waals surface area contributed by atoms with Crippen LogP contribution in [0.1, 0.15) is 33.1 Å². The molecule has 0 rings (SSSR count). The molecule has 0 spiro atoms. The molecule has 0 heterocycles. The Balaban J connectivity index is 5.37. The molecule has 12 N–H and O–H groups in total. The van der Waals surface area contributed by atoms with Crippen LogP contribution in [0.5, 0.6) is 0 Å². The van der Waals surface area contributed by atoms with Crippen LogP contribution in [-0.4, -0.2) is 88.9 Å². The van der Waals surface area contributed by atoms with E-state index in [1.807, 2.05) is 0 Å². The third kappa shape index (κ3) is 11.4. The zero-order valence-electron chi connectivity index (χ0n) is 18.3. The molecule has 184 valence electrons. The molecule has 0 saturated carbocycles. The van der Waals surface area contributed by atoms with Gasteiger partial charge in [-0.2, -0.15) is 0 Å². The van der Waals surface area contributed by atoms with Gasteiger partial charge in [-0.1, -0.05) is 13.8 Å². The largest absolute Gasteiger partial charge is 0.480 e. The molecule has 0 bridgehead atoms. The first-order valence-corrected chi connectivity index (χ1v) is 10.1. The number of carboxylic acid groups (broad SMARTS) is 1. The van der Waals surface area contributed by atoms with Crippen molar-refractivity contribution >= 4 is 29.7 Å². The molecule has 0 aromatic carbocycles. The smallest absolute Gasteiger partial charge is 0.326 e. The lowest BCUT2D eigenvalue weighted by atomic mass is 10.0. The van der Waals surface area contributed by atoms with Gasteiger partial charge < -0.3 is 48.5 Å². The maximum Gasteiger partial charge on any atom is 0.326 e. The molecule has 0 aliphatic carbocycles. The van der Waals surface area contributed by atoms with E-state index in [1.54, 1.807) is 13.8 Å². The number of nitrogens with one attached hydrogen (secondary N) is 3. The number of aliphatic imine (C=N–C) groups is 1. The normalized spacial score (nSPS) is 14.6. The molecule has 0 aromatic heterocycles. The predicted molar refractivity (Wildman–Crippen MR) is 115 cm³/mol. The minimum atomic E-state index is -1.45. The average Bonchev–Trinajstić information content (AvgIpc) is 2.71. The molecule has 0 aliphatic heterocycles. The first kappa shape index (κ1) is 29.0. The van der Waals surface area contributed by atoms with E-state index < -0.39 is 61.1 Å². The zero-order valence-corrected chi connectivity index (χ0v) is 18.3. The van der Waals surface area contributed by atoms with Crippen molar-refractivity contribution < 1.29 is 34.5 Å². The number of nitrogens with two attached hydrogens (primary N) is 3. The minimum absolute atomic E-state index is 0.0176. The minimum Gasteiger partial charge on any atom is -0.480 e. The number of carbonyl (C=O) groups is 4. The highest BCUT2D eigenvalue weighted by Crippen LogP contribution is 2.07. The van der Waals surface area contributed by atoms with Crippen LogP contribution in [0.3, 0.4) is 0 Å². The van der Waals surface area contributed by atoms with Crippen LogP contribution in [-0.2, 0) is 19.2 Å². The fraction of sp³-hybridized carbons (Fsp3) is 0.722. The lowest BCUT2D eigenvalue weighted by molar-refractivity contribution is -0.143. The summed E-state index contributed by atoms with van der Waals surface area (Å²) in [6, 6.07) is -5.11. The SMILES string of the molecule is CC(C)CC(NC(=O)C(CCCN=C(N)N)NC(=O)C(CO)NC(=O)C(N)CO)C(=O)O. The summed E-state index contributed by atoms with van der Waals surface area (Å²) in [7, 11) is 0. The van der Waals surface area contributed by atoms with E-state index in [4.69, 9.17) is 22.3 Å². The van der Waals surface area contributed by atoms with Crippen LogP contribution < -0.4 is 33.2 Å². The molecule has 4 atom stereocenters. The number of hydrogen-bond donors (Lipinski definition) is 9. The summed E-state index contributed by atoms with van der Waals surface area (Å²) in [6.45, 7) is 2.27. The molecule has 0 aliphatic rings. The van der Waals surface area contributed by atoms with Crippen LogP contribution in [0, 0.1) is 5.92 Å². The quantitative estimate of drug-likeness (QED) is 0.0647. The molecule has 4 unspecified atom stereocenters. The van der Waals surface area contributed by atoms with E-state index in [0.717, 1.165) is 0 Å². The molecule has 14 heteroatoms. The van der Waals surface area contributed by atoms with E-state index in [0.29, 0.717) is 0 Å². The van der Waals surface area contributed by atoms with Crippen molar-refractivity contribution in [3.05, 3.63) is 0 Å². The highest BCUT2D eigenvalue weighted by Gasteiger charge is 2.30. The van der Waals surface area contributed by atoms with Gasteiger partial charge in [0, 0.05) is 6.54 Å². The summed E-state index contributed by atoms with van der Waals surface area (Å²) in [4.78, 5) is 52.3. The Morgan fingerprint density at radius 1 is 0.875 bits per heavy atom. The highest BCUT2D eigenvalue weighted by molar-refractivity contribution is 5.94. The molecule has 0 radical (unpaired) electrons. The Kier molecular flexibility index (Phi) is 13.5. The number of rotatable bonds is 15. The average molecular weight is 462 g/mol. The third-order valence-corrected chi connectivity index (χ3v) is 4.25. The second-order valence-corrected chi connectivity index (χ2v) is 7.57. The second-order valence-electron chi connectivity index (χ2n) is 7.57. The highest BCUT2D eigenvalue weighted by atomic mass is 16.4. The fourth-order valence-electron chi connectivity index (χ4n) is 2.57. The number of aliphatic hydroxyl groups is 2. The Bertz CT molecular complexity index is 668. The first-order valence-electron chi connectivity index (χ1n) is 10.1. The van der Waals surface area contributed by atoms with Crippen molar-refractivity contribution in [2.45, 2.75) is 57.3 Å². The Morgan fingerprint density at radius 3 is 1.88 bits per heavy atom. The van der Waals surface area contributed by atoms with Crippen molar-refractivity contribution in [2.75, 3.05) is 19.8 Å². The molecule has 0 aromatic rings. The van der Waals surface area contributed by atoms with Crippen LogP contribution in [0.2, 0.25) is 0 Å². The van der Waals surface area contributed by atoms with Crippen LogP contribution in [0.25, 0.3) is 0 Å². The summed E-state index contributed by atoms with van der Waals surface area (Å²) >= 11 is 0. The van der Waals surface area contributed by atoms with E-state index >= 15 is 0 Å². The summed E-state index contributed by atoms with van der Waals surface area (Å²) in [5.41, 5.74) is 15.9. The maximum atomic E-state index is 12.7. The van der Waals surface area contributed by atoms with Gasteiger partial charge in [-0.3, -0.25) is 19.4 Å². The van der Waals surface area contributed by atoms with E-state index in [-0.39, 0.29) is 37.7 Å². The molecule has 3 amide bonds. The van der Waals surface area contributed by atoms with Crippen LogP contribution in [0.15, 0.2) is 4.99 Å². The van der Waals surface area contributed by atoms with Gasteiger partial charge in [0.2, 0.25) is 17.7 Å².